The molecule has 0 spiro atoms. The van der Waals surface area contributed by atoms with E-state index in [1.165, 1.54) is 51.4 Å². The van der Waals surface area contributed by atoms with E-state index >= 15 is 0 Å². The van der Waals surface area contributed by atoms with Gasteiger partial charge < -0.3 is 0 Å². The van der Waals surface area contributed by atoms with Gasteiger partial charge in [-0.2, -0.15) is 0 Å². The number of hydrogen-bond acceptors (Lipinski definition) is 1. The van der Waals surface area contributed by atoms with Gasteiger partial charge >= 0.3 is 6.54 Å². The molecule has 2 heteroatoms. The summed E-state index contributed by atoms with van der Waals surface area (Å²) in [6.07, 6.45) is 12.6. The van der Waals surface area contributed by atoms with Crippen LogP contribution in [0, 0.1) is 22.6 Å². The fourth-order valence-corrected chi connectivity index (χ4v) is 3.82. The van der Waals surface area contributed by atoms with Crippen LogP contribution in [0.5, 0.6) is 0 Å². The molecular formula is C14H25N2+. The molecule has 2 saturated carbocycles. The Balaban J connectivity index is 1.75. The van der Waals surface area contributed by atoms with Gasteiger partial charge in [0, 0.05) is 6.42 Å². The minimum atomic E-state index is 0.648. The summed E-state index contributed by atoms with van der Waals surface area (Å²) in [5, 5.41) is 8.48. The summed E-state index contributed by atoms with van der Waals surface area (Å²) in [6, 6.07) is 0. The van der Waals surface area contributed by atoms with Crippen LogP contribution in [0.3, 0.4) is 0 Å². The van der Waals surface area contributed by atoms with Crippen molar-refractivity contribution in [3.8, 4) is 0 Å². The van der Waals surface area contributed by atoms with Crippen molar-refractivity contribution in [1.82, 2.24) is 0 Å². The second-order valence-corrected chi connectivity index (χ2v) is 5.98. The van der Waals surface area contributed by atoms with Crippen molar-refractivity contribution in [2.45, 2.75) is 64.7 Å². The van der Waals surface area contributed by atoms with Gasteiger partial charge in [-0.15, -0.1) is 0 Å². The van der Waals surface area contributed by atoms with E-state index in [1.807, 2.05) is 0 Å². The number of rotatable bonds is 5. The van der Waals surface area contributed by atoms with Crippen LogP contribution in [0.15, 0.2) is 0 Å². The molecule has 2 rings (SSSR count). The van der Waals surface area contributed by atoms with Crippen molar-refractivity contribution in [2.24, 2.45) is 17.3 Å². The molecule has 16 heavy (non-hydrogen) atoms. The highest BCUT2D eigenvalue weighted by atomic mass is 14.8. The predicted molar refractivity (Wildman–Crippen MR) is 66.6 cm³/mol. The summed E-state index contributed by atoms with van der Waals surface area (Å²) in [5.74, 6) is 1.86. The van der Waals surface area contributed by atoms with E-state index in [2.05, 4.69) is 11.9 Å². The third kappa shape index (κ3) is 2.56. The van der Waals surface area contributed by atoms with Gasteiger partial charge in [-0.25, -0.2) is 0 Å². The first-order valence-electron chi connectivity index (χ1n) is 7.11. The van der Waals surface area contributed by atoms with Gasteiger partial charge in [-0.1, -0.05) is 13.3 Å². The van der Waals surface area contributed by atoms with Crippen LogP contribution in [0.4, 0.5) is 0 Å². The van der Waals surface area contributed by atoms with Gasteiger partial charge in [0.1, 0.15) is 4.98 Å². The largest absolute Gasteiger partial charge is 0.305 e. The maximum absolute atomic E-state index is 8.48. The monoisotopic (exact) mass is 221 g/mol. The zero-order valence-corrected chi connectivity index (χ0v) is 10.6. The minimum absolute atomic E-state index is 0.648. The first kappa shape index (κ1) is 11.9. The van der Waals surface area contributed by atoms with Crippen molar-refractivity contribution < 1.29 is 0 Å². The lowest BCUT2D eigenvalue weighted by molar-refractivity contribution is 0.175. The van der Waals surface area contributed by atoms with Gasteiger partial charge in [0.2, 0.25) is 5.39 Å². The van der Waals surface area contributed by atoms with Crippen molar-refractivity contribution in [3.63, 3.8) is 0 Å². The molecule has 90 valence electrons. The average Bonchev–Trinajstić information content (AvgIpc) is 3.09. The normalized spacial score (nSPS) is 32.0. The molecule has 0 saturated heterocycles. The van der Waals surface area contributed by atoms with E-state index in [9.17, 15) is 0 Å². The molecule has 0 aromatic carbocycles. The maximum atomic E-state index is 8.48. The second kappa shape index (κ2) is 5.17. The van der Waals surface area contributed by atoms with E-state index in [4.69, 9.17) is 5.39 Å². The van der Waals surface area contributed by atoms with Crippen molar-refractivity contribution in [2.75, 3.05) is 6.54 Å². The lowest BCUT2D eigenvalue weighted by atomic mass is 9.72. The van der Waals surface area contributed by atoms with Gasteiger partial charge in [0.15, 0.2) is 0 Å². The van der Waals surface area contributed by atoms with Crippen LogP contribution in [0.2, 0.25) is 0 Å². The third-order valence-corrected chi connectivity index (χ3v) is 4.99. The highest BCUT2D eigenvalue weighted by Crippen LogP contribution is 2.59. The van der Waals surface area contributed by atoms with Gasteiger partial charge in [0.25, 0.3) is 0 Å². The predicted octanol–water partition coefficient (Wildman–Crippen LogP) is 4.62. The third-order valence-electron chi connectivity index (χ3n) is 4.99. The fourth-order valence-electron chi connectivity index (χ4n) is 3.82. The molecule has 0 unspecified atom stereocenters. The first-order valence-corrected chi connectivity index (χ1v) is 7.11. The molecule has 2 aliphatic carbocycles. The van der Waals surface area contributed by atoms with E-state index in [1.54, 1.807) is 0 Å². The lowest BCUT2D eigenvalue weighted by Crippen LogP contribution is -2.23. The molecule has 0 bridgehead atoms. The Morgan fingerprint density at radius 2 is 1.88 bits per heavy atom. The van der Waals surface area contributed by atoms with Crippen molar-refractivity contribution >= 4 is 0 Å². The molecular weight excluding hydrogens is 196 g/mol. The second-order valence-electron chi connectivity index (χ2n) is 5.98. The Bertz CT molecular complexity index is 254. The van der Waals surface area contributed by atoms with Crippen molar-refractivity contribution in [3.05, 3.63) is 4.98 Å². The molecule has 0 atom stereocenters. The molecule has 2 aliphatic rings. The molecule has 0 aromatic heterocycles. The summed E-state index contributed by atoms with van der Waals surface area (Å²) in [7, 11) is 0. The van der Waals surface area contributed by atoms with Crippen LogP contribution < -0.4 is 0 Å². The Kier molecular flexibility index (Phi) is 3.84. The van der Waals surface area contributed by atoms with Gasteiger partial charge in [-0.05, 0) is 62.2 Å². The SMILES string of the molecule is CCCC1(C2CCC(CC[N+]#N)CC2)CC1. The number of hydrogen-bond donors (Lipinski definition) is 0. The topological polar surface area (TPSA) is 28.1 Å². The molecule has 0 N–H and O–H groups in total. The number of nitrogens with zero attached hydrogens (tertiary/aromatic N) is 2. The molecule has 0 amide bonds. The quantitative estimate of drug-likeness (QED) is 0.623. The maximum Gasteiger partial charge on any atom is 0.305 e. The smallest absolute Gasteiger partial charge is 0.0654 e. The van der Waals surface area contributed by atoms with Crippen LogP contribution in [0.1, 0.15) is 64.7 Å². The molecule has 0 heterocycles. The zero-order valence-electron chi connectivity index (χ0n) is 10.6. The van der Waals surface area contributed by atoms with Crippen LogP contribution in [-0.2, 0) is 0 Å². The standard InChI is InChI=1S/C14H25N2/c1-2-8-14(9-10-14)13-5-3-12(4-6-13)7-11-16-15/h12-13H,2-11H2,1H3/q+1. The van der Waals surface area contributed by atoms with Crippen LogP contribution in [0.25, 0.3) is 4.98 Å². The van der Waals surface area contributed by atoms with Gasteiger partial charge in [0.05, 0.1) is 0 Å². The Morgan fingerprint density at radius 3 is 2.38 bits per heavy atom. The summed E-state index contributed by atoms with van der Waals surface area (Å²) < 4.78 is 0. The molecule has 0 radical (unpaired) electrons. The van der Waals surface area contributed by atoms with Gasteiger partial charge in [-0.3, -0.25) is 0 Å². The highest BCUT2D eigenvalue weighted by molar-refractivity contribution is 4.99. The molecule has 0 aliphatic heterocycles. The zero-order chi connectivity index (χ0) is 11.4. The Hall–Kier alpha value is -0.580. The van der Waals surface area contributed by atoms with Crippen molar-refractivity contribution in [1.29, 1.82) is 5.39 Å². The summed E-state index contributed by atoms with van der Waals surface area (Å²) in [4.78, 5) is 3.24. The van der Waals surface area contributed by atoms with E-state index in [0.29, 0.717) is 6.54 Å². The highest BCUT2D eigenvalue weighted by Gasteiger charge is 2.48. The van der Waals surface area contributed by atoms with E-state index in [-0.39, 0.29) is 0 Å². The summed E-state index contributed by atoms with van der Waals surface area (Å²) >= 11 is 0. The summed E-state index contributed by atoms with van der Waals surface area (Å²) in [6.45, 7) is 2.98. The van der Waals surface area contributed by atoms with E-state index in [0.717, 1.165) is 23.7 Å². The van der Waals surface area contributed by atoms with Crippen LogP contribution in [-0.4, -0.2) is 6.54 Å². The fraction of sp³-hybridized carbons (Fsp3) is 1.00. The molecule has 2 fully saturated rings. The minimum Gasteiger partial charge on any atom is -0.0654 e. The average molecular weight is 221 g/mol. The number of diazo groups is 1. The summed E-state index contributed by atoms with van der Waals surface area (Å²) in [5.41, 5.74) is 0.779. The molecule has 2 nitrogen and oxygen atoms in total. The lowest BCUT2D eigenvalue weighted by Gasteiger charge is -2.33. The van der Waals surface area contributed by atoms with E-state index < -0.39 is 0 Å². The Morgan fingerprint density at radius 1 is 1.19 bits per heavy atom. The molecule has 0 aromatic rings. The first-order chi connectivity index (χ1) is 7.80. The van der Waals surface area contributed by atoms with Crippen LogP contribution >= 0.6 is 0 Å². The Labute approximate surface area is 99.4 Å².